The van der Waals surface area contributed by atoms with Crippen molar-refractivity contribution in [2.75, 3.05) is 0 Å². The van der Waals surface area contributed by atoms with Gasteiger partial charge in [-0.05, 0) is 41.0 Å². The number of nitro benzene ring substituents is 1. The molecule has 4 aromatic rings. The number of aliphatic carboxylic acids is 1. The van der Waals surface area contributed by atoms with Crippen LogP contribution in [0.3, 0.4) is 0 Å². The summed E-state index contributed by atoms with van der Waals surface area (Å²) in [5.74, 6) is -3.32. The molecule has 43 heavy (non-hydrogen) atoms. The first-order valence-corrected chi connectivity index (χ1v) is 12.0. The van der Waals surface area contributed by atoms with Crippen molar-refractivity contribution in [3.63, 3.8) is 0 Å². The summed E-state index contributed by atoms with van der Waals surface area (Å²) in [6.07, 6.45) is -9.67. The summed E-state index contributed by atoms with van der Waals surface area (Å²) in [7, 11) is 0. The van der Waals surface area contributed by atoms with Crippen LogP contribution in [0.5, 0.6) is 5.75 Å². The minimum absolute atomic E-state index is 0.227. The van der Waals surface area contributed by atoms with Crippen molar-refractivity contribution in [3.8, 4) is 22.6 Å². The summed E-state index contributed by atoms with van der Waals surface area (Å²) in [6.45, 7) is 0. The zero-order valence-electron chi connectivity index (χ0n) is 21.4. The fourth-order valence-corrected chi connectivity index (χ4v) is 4.05. The molecule has 16 heteroatoms. The van der Waals surface area contributed by atoms with E-state index in [4.69, 9.17) is 0 Å². The molecule has 2 N–H and O–H groups in total. The molecule has 0 fully saturated rings. The Hall–Kier alpha value is -5.41. The predicted molar refractivity (Wildman–Crippen MR) is 136 cm³/mol. The number of carbonyl (C=O) groups is 2. The predicted octanol–water partition coefficient (Wildman–Crippen LogP) is 5.79. The number of nitrogens with zero attached hydrogens (tertiary/aromatic N) is 3. The number of rotatable bonds is 9. The molecule has 4 rings (SSSR count). The van der Waals surface area contributed by atoms with Gasteiger partial charge in [-0.25, -0.2) is 9.48 Å². The monoisotopic (exact) mass is 608 g/mol. The number of halogens is 6. The van der Waals surface area contributed by atoms with Crippen LogP contribution in [0.25, 0.3) is 16.8 Å². The molecule has 1 aromatic heterocycles. The quantitative estimate of drug-likeness (QED) is 0.139. The van der Waals surface area contributed by atoms with E-state index in [9.17, 15) is 51.2 Å². The second kappa shape index (κ2) is 11.8. The van der Waals surface area contributed by atoms with Crippen molar-refractivity contribution >= 4 is 17.6 Å². The number of carboxylic acid groups (broad SMARTS) is 1. The summed E-state index contributed by atoms with van der Waals surface area (Å²) < 4.78 is 83.2. The van der Waals surface area contributed by atoms with Gasteiger partial charge in [-0.1, -0.05) is 36.4 Å². The van der Waals surface area contributed by atoms with Crippen LogP contribution in [0.1, 0.15) is 21.6 Å². The largest absolute Gasteiger partial charge is 0.573 e. The summed E-state index contributed by atoms with van der Waals surface area (Å²) in [5, 5.41) is 26.2. The molecular formula is C27H18F6N4O6. The number of carboxylic acids is 1. The fourth-order valence-electron chi connectivity index (χ4n) is 4.05. The van der Waals surface area contributed by atoms with E-state index in [0.29, 0.717) is 27.6 Å². The normalized spacial score (nSPS) is 12.4. The minimum atomic E-state index is -5.11. The van der Waals surface area contributed by atoms with Crippen LogP contribution < -0.4 is 10.1 Å². The maximum absolute atomic E-state index is 14.0. The Kier molecular flexibility index (Phi) is 8.40. The molecule has 1 atom stereocenters. The van der Waals surface area contributed by atoms with Crippen molar-refractivity contribution in [2.24, 2.45) is 0 Å². The molecule has 0 radical (unpaired) electrons. The van der Waals surface area contributed by atoms with E-state index in [1.165, 1.54) is 24.3 Å². The van der Waals surface area contributed by atoms with Gasteiger partial charge in [0.2, 0.25) is 0 Å². The lowest BCUT2D eigenvalue weighted by molar-refractivity contribution is -0.384. The van der Waals surface area contributed by atoms with E-state index in [2.05, 4.69) is 15.2 Å². The van der Waals surface area contributed by atoms with Crippen LogP contribution in [0, 0.1) is 10.1 Å². The van der Waals surface area contributed by atoms with E-state index < -0.39 is 52.4 Å². The Morgan fingerprint density at radius 2 is 1.49 bits per heavy atom. The highest BCUT2D eigenvalue weighted by atomic mass is 19.4. The van der Waals surface area contributed by atoms with Gasteiger partial charge in [0.15, 0.2) is 5.69 Å². The minimum Gasteiger partial charge on any atom is -0.480 e. The number of nitro groups is 1. The SMILES string of the molecule is O=C(NC(Cc1ccc(-c2ccc(OC(F)(F)F)cc2)cc1)C(=O)O)c1cnn(-c2ccc([N+](=O)[O-])cc2)c1C(F)(F)F. The fraction of sp³-hybridized carbons (Fsp3) is 0.148. The Morgan fingerprint density at radius 3 is 1.98 bits per heavy atom. The first-order valence-electron chi connectivity index (χ1n) is 12.0. The molecule has 0 aliphatic rings. The zero-order chi connectivity index (χ0) is 31.5. The van der Waals surface area contributed by atoms with Gasteiger partial charge in [0, 0.05) is 18.6 Å². The van der Waals surface area contributed by atoms with E-state index in [0.717, 1.165) is 36.4 Å². The maximum atomic E-state index is 14.0. The van der Waals surface area contributed by atoms with Crippen LogP contribution in [0.2, 0.25) is 0 Å². The van der Waals surface area contributed by atoms with Crippen molar-refractivity contribution in [2.45, 2.75) is 25.0 Å². The smallest absolute Gasteiger partial charge is 0.480 e. The highest BCUT2D eigenvalue weighted by Crippen LogP contribution is 2.34. The number of nitrogens with one attached hydrogen (secondary N) is 1. The van der Waals surface area contributed by atoms with Crippen LogP contribution >= 0.6 is 0 Å². The van der Waals surface area contributed by atoms with Gasteiger partial charge in [-0.2, -0.15) is 18.3 Å². The maximum Gasteiger partial charge on any atom is 0.573 e. The molecule has 0 aliphatic heterocycles. The molecule has 1 heterocycles. The van der Waals surface area contributed by atoms with Gasteiger partial charge in [-0.3, -0.25) is 14.9 Å². The lowest BCUT2D eigenvalue weighted by Gasteiger charge is -2.16. The number of amides is 1. The first-order chi connectivity index (χ1) is 20.1. The van der Waals surface area contributed by atoms with Crippen LogP contribution in [0.15, 0.2) is 79.0 Å². The van der Waals surface area contributed by atoms with Gasteiger partial charge in [-0.15, -0.1) is 13.2 Å². The average Bonchev–Trinajstić information content (AvgIpc) is 3.39. The number of aromatic nitrogens is 2. The lowest BCUT2D eigenvalue weighted by Crippen LogP contribution is -2.42. The summed E-state index contributed by atoms with van der Waals surface area (Å²) >= 11 is 0. The number of carbonyl (C=O) groups excluding carboxylic acids is 1. The number of non-ortho nitro benzene ring substituents is 1. The summed E-state index contributed by atoms with van der Waals surface area (Å²) in [5.41, 5.74) is -1.63. The van der Waals surface area contributed by atoms with Crippen molar-refractivity contribution in [3.05, 3.63) is 106 Å². The molecule has 10 nitrogen and oxygen atoms in total. The summed E-state index contributed by atoms with van der Waals surface area (Å²) in [6, 6.07) is 13.4. The lowest BCUT2D eigenvalue weighted by atomic mass is 10.0. The van der Waals surface area contributed by atoms with Crippen LogP contribution in [0.4, 0.5) is 32.0 Å². The molecule has 0 spiro atoms. The Labute approximate surface area is 237 Å². The number of hydrogen-bond donors (Lipinski definition) is 2. The van der Waals surface area contributed by atoms with Gasteiger partial charge >= 0.3 is 18.5 Å². The van der Waals surface area contributed by atoms with Crippen LogP contribution in [-0.4, -0.2) is 44.1 Å². The first kappa shape index (κ1) is 30.5. The third-order valence-electron chi connectivity index (χ3n) is 6.01. The topological polar surface area (TPSA) is 137 Å². The summed E-state index contributed by atoms with van der Waals surface area (Å²) in [4.78, 5) is 34.9. The molecular weight excluding hydrogens is 590 g/mol. The average molecular weight is 608 g/mol. The molecule has 1 amide bonds. The van der Waals surface area contributed by atoms with E-state index in [1.54, 1.807) is 12.1 Å². The van der Waals surface area contributed by atoms with E-state index in [-0.39, 0.29) is 17.8 Å². The second-order valence-electron chi connectivity index (χ2n) is 8.93. The highest BCUT2D eigenvalue weighted by Gasteiger charge is 2.41. The Morgan fingerprint density at radius 1 is 0.930 bits per heavy atom. The molecule has 0 saturated carbocycles. The van der Waals surface area contributed by atoms with Crippen molar-refractivity contribution < 1.29 is 50.7 Å². The third-order valence-corrected chi connectivity index (χ3v) is 6.01. The van der Waals surface area contributed by atoms with Crippen molar-refractivity contribution in [1.29, 1.82) is 0 Å². The van der Waals surface area contributed by atoms with Gasteiger partial charge < -0.3 is 15.2 Å². The van der Waals surface area contributed by atoms with Crippen molar-refractivity contribution in [1.82, 2.24) is 15.1 Å². The Balaban J connectivity index is 1.51. The number of benzene rings is 3. The van der Waals surface area contributed by atoms with Gasteiger partial charge in [0.05, 0.1) is 22.4 Å². The zero-order valence-corrected chi connectivity index (χ0v) is 21.4. The third kappa shape index (κ3) is 7.46. The molecule has 224 valence electrons. The van der Waals surface area contributed by atoms with E-state index in [1.807, 2.05) is 0 Å². The number of ether oxygens (including phenoxy) is 1. The van der Waals surface area contributed by atoms with Gasteiger partial charge in [0.25, 0.3) is 11.6 Å². The molecule has 0 bridgehead atoms. The number of alkyl halides is 6. The number of hydrogen-bond acceptors (Lipinski definition) is 6. The molecule has 1 unspecified atom stereocenters. The van der Waals surface area contributed by atoms with Crippen LogP contribution in [-0.2, 0) is 17.4 Å². The Bertz CT molecular complexity index is 1630. The standard InChI is InChI=1S/C27H18F6N4O6/c28-26(29,30)23-21(14-34-36(23)18-7-9-19(10-8-18)37(41)42)24(38)35-22(25(39)40)13-15-1-3-16(4-2-15)17-5-11-20(12-6-17)43-27(31,32)33/h1-12,14,22H,13H2,(H,35,38)(H,39,40). The second-order valence-corrected chi connectivity index (χ2v) is 8.93. The van der Waals surface area contributed by atoms with Gasteiger partial charge in [0.1, 0.15) is 11.8 Å². The molecule has 0 aliphatic carbocycles. The highest BCUT2D eigenvalue weighted by molar-refractivity contribution is 5.97. The molecule has 0 saturated heterocycles. The van der Waals surface area contributed by atoms with E-state index >= 15 is 0 Å². The molecule has 3 aromatic carbocycles.